The zero-order valence-electron chi connectivity index (χ0n) is 13.2. The first kappa shape index (κ1) is 14.1. The van der Waals surface area contributed by atoms with Crippen molar-refractivity contribution in [3.8, 4) is 0 Å². The van der Waals surface area contributed by atoms with Crippen LogP contribution in [0, 0.1) is 11.3 Å². The van der Waals surface area contributed by atoms with E-state index in [1.165, 1.54) is 31.5 Å². The molecule has 0 spiro atoms. The summed E-state index contributed by atoms with van der Waals surface area (Å²) in [7, 11) is 0. The van der Waals surface area contributed by atoms with Crippen LogP contribution in [0.15, 0.2) is 30.3 Å². The first-order chi connectivity index (χ1) is 9.50. The van der Waals surface area contributed by atoms with Crippen LogP contribution in [-0.4, -0.2) is 31.1 Å². The van der Waals surface area contributed by atoms with Crippen LogP contribution in [0.3, 0.4) is 0 Å². The Hall–Kier alpha value is -0.860. The van der Waals surface area contributed by atoms with Gasteiger partial charge in [0.15, 0.2) is 0 Å². The van der Waals surface area contributed by atoms with Gasteiger partial charge in [0.05, 0.1) is 5.54 Å². The molecule has 1 heterocycles. The van der Waals surface area contributed by atoms with E-state index in [-0.39, 0.29) is 5.54 Å². The standard InChI is InChI=1S/C18H28N2/c1-17(2)12-16(17)13-20-11-7-10-19-18(3,14-20)15-8-5-4-6-9-15/h4-6,8-9,16,19H,7,10-14H2,1-3H3. The summed E-state index contributed by atoms with van der Waals surface area (Å²) in [6.07, 6.45) is 2.66. The van der Waals surface area contributed by atoms with E-state index in [9.17, 15) is 0 Å². The van der Waals surface area contributed by atoms with Crippen molar-refractivity contribution in [2.24, 2.45) is 11.3 Å². The molecule has 0 amide bonds. The normalized spacial score (nSPS) is 33.6. The highest BCUT2D eigenvalue weighted by atomic mass is 15.2. The Balaban J connectivity index is 1.72. The molecule has 110 valence electrons. The van der Waals surface area contributed by atoms with Crippen molar-refractivity contribution >= 4 is 0 Å². The quantitative estimate of drug-likeness (QED) is 0.908. The van der Waals surface area contributed by atoms with Gasteiger partial charge in [-0.1, -0.05) is 44.2 Å². The van der Waals surface area contributed by atoms with Crippen LogP contribution in [-0.2, 0) is 5.54 Å². The lowest BCUT2D eigenvalue weighted by molar-refractivity contribution is 0.205. The summed E-state index contributed by atoms with van der Waals surface area (Å²) in [4.78, 5) is 2.69. The molecule has 1 aromatic rings. The van der Waals surface area contributed by atoms with Gasteiger partial charge < -0.3 is 10.2 Å². The lowest BCUT2D eigenvalue weighted by atomic mass is 9.91. The van der Waals surface area contributed by atoms with Crippen molar-refractivity contribution in [3.05, 3.63) is 35.9 Å². The van der Waals surface area contributed by atoms with Crippen molar-refractivity contribution in [1.29, 1.82) is 0 Å². The largest absolute Gasteiger partial charge is 0.307 e. The molecule has 0 aromatic heterocycles. The number of rotatable bonds is 3. The van der Waals surface area contributed by atoms with Crippen LogP contribution in [0.2, 0.25) is 0 Å². The second-order valence-corrected chi connectivity index (χ2v) is 7.60. The van der Waals surface area contributed by atoms with Crippen LogP contribution in [0.1, 0.15) is 39.2 Å². The average molecular weight is 272 g/mol. The van der Waals surface area contributed by atoms with Gasteiger partial charge in [0.25, 0.3) is 0 Å². The highest BCUT2D eigenvalue weighted by Gasteiger charge is 2.46. The summed E-state index contributed by atoms with van der Waals surface area (Å²) in [5.74, 6) is 0.903. The molecule has 2 heteroatoms. The fourth-order valence-corrected chi connectivity index (χ4v) is 3.60. The van der Waals surface area contributed by atoms with Gasteiger partial charge in [-0.15, -0.1) is 0 Å². The molecule has 2 aliphatic rings. The maximum atomic E-state index is 3.78. The third kappa shape index (κ3) is 2.91. The van der Waals surface area contributed by atoms with E-state index in [1.807, 2.05) is 0 Å². The smallest absolute Gasteiger partial charge is 0.0534 e. The summed E-state index contributed by atoms with van der Waals surface area (Å²) < 4.78 is 0. The van der Waals surface area contributed by atoms with Crippen LogP contribution in [0.4, 0.5) is 0 Å². The fourth-order valence-electron chi connectivity index (χ4n) is 3.60. The predicted octanol–water partition coefficient (Wildman–Crippen LogP) is 3.24. The number of nitrogens with zero attached hydrogens (tertiary/aromatic N) is 1. The average Bonchev–Trinajstić information content (AvgIpc) is 3.07. The molecule has 20 heavy (non-hydrogen) atoms. The van der Waals surface area contributed by atoms with Gasteiger partial charge >= 0.3 is 0 Å². The third-order valence-corrected chi connectivity index (χ3v) is 5.31. The molecule has 1 aliphatic heterocycles. The molecule has 1 aromatic carbocycles. The maximum absolute atomic E-state index is 3.78. The van der Waals surface area contributed by atoms with Crippen LogP contribution in [0.5, 0.6) is 0 Å². The lowest BCUT2D eigenvalue weighted by Crippen LogP contribution is -2.46. The summed E-state index contributed by atoms with van der Waals surface area (Å²) >= 11 is 0. The van der Waals surface area contributed by atoms with E-state index in [2.05, 4.69) is 61.3 Å². The molecule has 1 saturated heterocycles. The Labute approximate surface area is 123 Å². The van der Waals surface area contributed by atoms with Crippen molar-refractivity contribution in [1.82, 2.24) is 10.2 Å². The first-order valence-electron chi connectivity index (χ1n) is 8.03. The number of hydrogen-bond acceptors (Lipinski definition) is 2. The topological polar surface area (TPSA) is 15.3 Å². The summed E-state index contributed by atoms with van der Waals surface area (Å²) in [5.41, 5.74) is 2.10. The second-order valence-electron chi connectivity index (χ2n) is 7.60. The van der Waals surface area contributed by atoms with Gasteiger partial charge in [0.2, 0.25) is 0 Å². The molecular weight excluding hydrogens is 244 g/mol. The Bertz CT molecular complexity index is 454. The lowest BCUT2D eigenvalue weighted by Gasteiger charge is -2.34. The predicted molar refractivity (Wildman–Crippen MR) is 84.7 cm³/mol. The van der Waals surface area contributed by atoms with E-state index < -0.39 is 0 Å². The molecule has 0 bridgehead atoms. The number of nitrogens with one attached hydrogen (secondary N) is 1. The van der Waals surface area contributed by atoms with Crippen LogP contribution in [0.25, 0.3) is 0 Å². The minimum Gasteiger partial charge on any atom is -0.307 e. The second kappa shape index (κ2) is 5.16. The first-order valence-corrected chi connectivity index (χ1v) is 8.03. The third-order valence-electron chi connectivity index (χ3n) is 5.31. The molecule has 2 unspecified atom stereocenters. The van der Waals surface area contributed by atoms with Gasteiger partial charge in [0.1, 0.15) is 0 Å². The van der Waals surface area contributed by atoms with E-state index in [1.54, 1.807) is 0 Å². The highest BCUT2D eigenvalue weighted by Crippen LogP contribution is 2.52. The Morgan fingerprint density at radius 3 is 2.55 bits per heavy atom. The fraction of sp³-hybridized carbons (Fsp3) is 0.667. The Morgan fingerprint density at radius 1 is 1.20 bits per heavy atom. The molecule has 2 atom stereocenters. The minimum atomic E-state index is 0.0940. The molecule has 1 aliphatic carbocycles. The molecule has 2 nitrogen and oxygen atoms in total. The Kier molecular flexibility index (Phi) is 3.64. The Morgan fingerprint density at radius 2 is 1.90 bits per heavy atom. The van der Waals surface area contributed by atoms with Crippen molar-refractivity contribution in [2.75, 3.05) is 26.2 Å². The molecule has 1 saturated carbocycles. The molecule has 2 fully saturated rings. The van der Waals surface area contributed by atoms with Crippen LogP contribution < -0.4 is 5.32 Å². The summed E-state index contributed by atoms with van der Waals surface area (Å²) in [5, 5.41) is 3.78. The summed E-state index contributed by atoms with van der Waals surface area (Å²) in [6.45, 7) is 11.9. The van der Waals surface area contributed by atoms with E-state index in [4.69, 9.17) is 0 Å². The van der Waals surface area contributed by atoms with Crippen molar-refractivity contribution < 1.29 is 0 Å². The van der Waals surface area contributed by atoms with Gasteiger partial charge in [-0.2, -0.15) is 0 Å². The maximum Gasteiger partial charge on any atom is 0.0534 e. The zero-order valence-corrected chi connectivity index (χ0v) is 13.2. The molecule has 3 rings (SSSR count). The monoisotopic (exact) mass is 272 g/mol. The van der Waals surface area contributed by atoms with Crippen LogP contribution >= 0.6 is 0 Å². The van der Waals surface area contributed by atoms with Gasteiger partial charge in [-0.05, 0) is 49.8 Å². The van der Waals surface area contributed by atoms with Crippen molar-refractivity contribution in [3.63, 3.8) is 0 Å². The van der Waals surface area contributed by atoms with Gasteiger partial charge in [0, 0.05) is 13.1 Å². The highest BCUT2D eigenvalue weighted by molar-refractivity contribution is 5.24. The molecular formula is C18H28N2. The van der Waals surface area contributed by atoms with E-state index in [0.717, 1.165) is 19.0 Å². The summed E-state index contributed by atoms with van der Waals surface area (Å²) in [6, 6.07) is 10.9. The van der Waals surface area contributed by atoms with Crippen molar-refractivity contribution in [2.45, 2.75) is 39.2 Å². The van der Waals surface area contributed by atoms with Gasteiger partial charge in [-0.3, -0.25) is 0 Å². The van der Waals surface area contributed by atoms with E-state index in [0.29, 0.717) is 5.41 Å². The van der Waals surface area contributed by atoms with Gasteiger partial charge in [-0.25, -0.2) is 0 Å². The minimum absolute atomic E-state index is 0.0940. The number of hydrogen-bond donors (Lipinski definition) is 1. The van der Waals surface area contributed by atoms with E-state index >= 15 is 0 Å². The number of benzene rings is 1. The molecule has 1 N–H and O–H groups in total. The zero-order chi connectivity index (χ0) is 14.2. The SMILES string of the molecule is CC1(c2ccccc2)CN(CC2CC2(C)C)CCCN1. The molecule has 0 radical (unpaired) electrons.